The van der Waals surface area contributed by atoms with Gasteiger partial charge in [-0.25, -0.2) is 4.68 Å². The monoisotopic (exact) mass is 416 g/mol. The van der Waals surface area contributed by atoms with Crippen LogP contribution in [0.15, 0.2) is 35.6 Å². The topological polar surface area (TPSA) is 128 Å². The number of nitrogens with zero attached hydrogens (tertiary/aromatic N) is 2. The zero-order valence-electron chi connectivity index (χ0n) is 19.0. The molecule has 0 radical (unpaired) electrons. The number of hydrogen-bond donors (Lipinski definition) is 4. The van der Waals surface area contributed by atoms with Gasteiger partial charge in [-0.1, -0.05) is 19.1 Å². The smallest absolute Gasteiger partial charge is 0.274 e. The van der Waals surface area contributed by atoms with Crippen molar-refractivity contribution in [3.8, 4) is 0 Å². The lowest BCUT2D eigenvalue weighted by molar-refractivity contribution is -0.118. The fraction of sp³-hybridized carbons (Fsp3) is 0.500. The van der Waals surface area contributed by atoms with Crippen LogP contribution < -0.4 is 22.1 Å². The average Bonchev–Trinajstić information content (AvgIpc) is 3.10. The van der Waals surface area contributed by atoms with E-state index >= 15 is 0 Å². The molecule has 2 amide bonds. The van der Waals surface area contributed by atoms with Gasteiger partial charge >= 0.3 is 0 Å². The molecule has 0 aliphatic heterocycles. The maximum atomic E-state index is 12.8. The third-order valence-electron chi connectivity index (χ3n) is 4.66. The molecule has 0 aromatic carbocycles. The number of carbonyl (C=O) groups excluding carboxylic acids is 2. The van der Waals surface area contributed by atoms with Gasteiger partial charge in [0.2, 0.25) is 5.91 Å². The first-order valence-electron chi connectivity index (χ1n) is 10.4. The number of carbonyl (C=O) groups is 2. The van der Waals surface area contributed by atoms with Crippen LogP contribution in [-0.2, 0) is 4.79 Å². The van der Waals surface area contributed by atoms with Crippen LogP contribution in [0.1, 0.15) is 71.3 Å². The minimum atomic E-state index is -0.391. The van der Waals surface area contributed by atoms with Crippen LogP contribution in [0, 0.1) is 5.92 Å². The summed E-state index contributed by atoms with van der Waals surface area (Å²) in [6.07, 6.45) is 8.09. The van der Waals surface area contributed by atoms with Crippen molar-refractivity contribution in [1.29, 1.82) is 0 Å². The maximum Gasteiger partial charge on any atom is 0.274 e. The van der Waals surface area contributed by atoms with E-state index in [0.717, 1.165) is 12.8 Å². The number of nitrogen functional groups attached to an aromatic ring is 1. The Morgan fingerprint density at radius 1 is 1.23 bits per heavy atom. The molecule has 0 fully saturated rings. The lowest BCUT2D eigenvalue weighted by atomic mass is 9.87. The molecule has 1 heterocycles. The SMILES string of the molecule is C/C=C(/N)n1nc(N)cc1C(=O)NC1=C(C(=O)NC(C)C)CCCC1C.C/C=C\C. The van der Waals surface area contributed by atoms with E-state index in [-0.39, 0.29) is 29.4 Å². The summed E-state index contributed by atoms with van der Waals surface area (Å²) in [6, 6.07) is 1.49. The van der Waals surface area contributed by atoms with E-state index in [0.29, 0.717) is 23.5 Å². The fourth-order valence-corrected chi connectivity index (χ4v) is 3.01. The van der Waals surface area contributed by atoms with E-state index in [1.54, 1.807) is 13.0 Å². The Hall–Kier alpha value is -3.03. The first-order chi connectivity index (χ1) is 14.2. The summed E-state index contributed by atoms with van der Waals surface area (Å²) in [5.74, 6) is 0.0486. The number of nitrogens with two attached hydrogens (primary N) is 2. The molecule has 2 rings (SSSR count). The number of nitrogens with one attached hydrogen (secondary N) is 2. The molecule has 0 spiro atoms. The fourth-order valence-electron chi connectivity index (χ4n) is 3.01. The van der Waals surface area contributed by atoms with Crippen molar-refractivity contribution < 1.29 is 9.59 Å². The molecule has 166 valence electrons. The number of amides is 2. The highest BCUT2D eigenvalue weighted by molar-refractivity contribution is 5.99. The molecule has 1 aliphatic carbocycles. The summed E-state index contributed by atoms with van der Waals surface area (Å²) in [5.41, 5.74) is 13.1. The molecule has 30 heavy (non-hydrogen) atoms. The van der Waals surface area contributed by atoms with Crippen LogP contribution in [0.2, 0.25) is 0 Å². The van der Waals surface area contributed by atoms with Gasteiger partial charge in [-0.3, -0.25) is 9.59 Å². The van der Waals surface area contributed by atoms with E-state index in [2.05, 4.69) is 15.7 Å². The van der Waals surface area contributed by atoms with Crippen molar-refractivity contribution in [3.63, 3.8) is 0 Å². The van der Waals surface area contributed by atoms with Crippen molar-refractivity contribution >= 4 is 23.5 Å². The van der Waals surface area contributed by atoms with Gasteiger partial charge in [0, 0.05) is 23.4 Å². The molecule has 1 aliphatic rings. The molecule has 8 heteroatoms. The number of allylic oxidation sites excluding steroid dienone is 4. The molecule has 0 saturated heterocycles. The third kappa shape index (κ3) is 6.79. The van der Waals surface area contributed by atoms with Gasteiger partial charge in [0.25, 0.3) is 5.91 Å². The maximum absolute atomic E-state index is 12.8. The summed E-state index contributed by atoms with van der Waals surface area (Å²) >= 11 is 0. The van der Waals surface area contributed by atoms with Gasteiger partial charge in [-0.05, 0) is 65.9 Å². The predicted molar refractivity (Wildman–Crippen MR) is 122 cm³/mol. The highest BCUT2D eigenvalue weighted by atomic mass is 16.2. The summed E-state index contributed by atoms with van der Waals surface area (Å²) in [6.45, 7) is 11.6. The van der Waals surface area contributed by atoms with Crippen LogP contribution in [-0.4, -0.2) is 27.6 Å². The standard InChI is InChI=1S/C18H28N6O2.C4H8/c1-5-15(20)24-13(9-14(19)23-24)18(26)22-16-11(4)7-6-8-12(16)17(25)21-10(2)3;1-3-4-2/h5,9-11H,6-8,20H2,1-4H3,(H2,19,23)(H,21,25)(H,22,26);3-4H,1-2H3/b15-5-;4-3-. The summed E-state index contributed by atoms with van der Waals surface area (Å²) < 4.78 is 1.30. The van der Waals surface area contributed by atoms with Crippen molar-refractivity contribution in [3.05, 3.63) is 41.3 Å². The van der Waals surface area contributed by atoms with Gasteiger partial charge < -0.3 is 22.1 Å². The molecule has 1 unspecified atom stereocenters. The largest absolute Gasteiger partial charge is 0.384 e. The molecular formula is C22H36N6O2. The Bertz CT molecular complexity index is 829. The minimum absolute atomic E-state index is 0.0277. The zero-order chi connectivity index (χ0) is 22.8. The number of aromatic nitrogens is 2. The second-order valence-electron chi connectivity index (χ2n) is 7.51. The second-order valence-corrected chi connectivity index (χ2v) is 7.51. The Labute approximate surface area is 179 Å². The van der Waals surface area contributed by atoms with Crippen LogP contribution >= 0.6 is 0 Å². The molecule has 6 N–H and O–H groups in total. The van der Waals surface area contributed by atoms with Crippen molar-refractivity contribution in [2.75, 3.05) is 5.73 Å². The van der Waals surface area contributed by atoms with E-state index in [4.69, 9.17) is 11.5 Å². The van der Waals surface area contributed by atoms with Crippen LogP contribution in [0.3, 0.4) is 0 Å². The van der Waals surface area contributed by atoms with E-state index < -0.39 is 5.91 Å². The molecular weight excluding hydrogens is 380 g/mol. The van der Waals surface area contributed by atoms with Gasteiger partial charge in [0.15, 0.2) is 0 Å². The normalized spacial score (nSPS) is 17.0. The first kappa shape index (κ1) is 25.0. The first-order valence-corrected chi connectivity index (χ1v) is 10.4. The van der Waals surface area contributed by atoms with Gasteiger partial charge in [0.05, 0.1) is 0 Å². The van der Waals surface area contributed by atoms with Gasteiger partial charge in [-0.15, -0.1) is 5.10 Å². The minimum Gasteiger partial charge on any atom is -0.384 e. The van der Waals surface area contributed by atoms with E-state index in [1.807, 2.05) is 46.8 Å². The van der Waals surface area contributed by atoms with Crippen molar-refractivity contribution in [2.45, 2.75) is 66.8 Å². The van der Waals surface area contributed by atoms with Gasteiger partial charge in [-0.2, -0.15) is 0 Å². The molecule has 1 aromatic heterocycles. The molecule has 1 aromatic rings. The van der Waals surface area contributed by atoms with Crippen LogP contribution in [0.25, 0.3) is 5.82 Å². The second kappa shape index (κ2) is 11.8. The molecule has 8 nitrogen and oxygen atoms in total. The molecule has 1 atom stereocenters. The lowest BCUT2D eigenvalue weighted by Crippen LogP contribution is -2.37. The lowest BCUT2D eigenvalue weighted by Gasteiger charge is -2.26. The Morgan fingerprint density at radius 3 is 2.40 bits per heavy atom. The van der Waals surface area contributed by atoms with Crippen molar-refractivity contribution in [1.82, 2.24) is 20.4 Å². The zero-order valence-corrected chi connectivity index (χ0v) is 19.0. The average molecular weight is 417 g/mol. The Kier molecular flexibility index (Phi) is 9.88. The number of rotatable bonds is 5. The highest BCUT2D eigenvalue weighted by Gasteiger charge is 2.27. The summed E-state index contributed by atoms with van der Waals surface area (Å²) in [5, 5.41) is 9.86. The molecule has 0 bridgehead atoms. The van der Waals surface area contributed by atoms with Crippen molar-refractivity contribution in [2.24, 2.45) is 11.7 Å². The van der Waals surface area contributed by atoms with E-state index in [9.17, 15) is 9.59 Å². The third-order valence-corrected chi connectivity index (χ3v) is 4.66. The van der Waals surface area contributed by atoms with Crippen LogP contribution in [0.5, 0.6) is 0 Å². The van der Waals surface area contributed by atoms with Gasteiger partial charge in [0.1, 0.15) is 17.3 Å². The van der Waals surface area contributed by atoms with E-state index in [1.165, 1.54) is 10.7 Å². The number of anilines is 1. The molecule has 0 saturated carbocycles. The quantitative estimate of drug-likeness (QED) is 0.548. The summed E-state index contributed by atoms with van der Waals surface area (Å²) in [4.78, 5) is 25.3. The predicted octanol–water partition coefficient (Wildman–Crippen LogP) is 3.15. The summed E-state index contributed by atoms with van der Waals surface area (Å²) in [7, 11) is 0. The van der Waals surface area contributed by atoms with Crippen LogP contribution in [0.4, 0.5) is 5.82 Å². The highest BCUT2D eigenvalue weighted by Crippen LogP contribution is 2.29. The Morgan fingerprint density at radius 2 is 1.87 bits per heavy atom. The number of hydrogen-bond acceptors (Lipinski definition) is 5. The Balaban J connectivity index is 0.00000103.